The second-order valence-electron chi connectivity index (χ2n) is 17.3. The van der Waals surface area contributed by atoms with Crippen LogP contribution in [0.25, 0.3) is 0 Å². The second-order valence-corrected chi connectivity index (χ2v) is 18.6. The lowest BCUT2D eigenvalue weighted by molar-refractivity contribution is 0.178. The Kier molecular flexibility index (Phi) is 20.9. The Morgan fingerprint density at radius 1 is 0.407 bits per heavy atom. The van der Waals surface area contributed by atoms with E-state index < -0.39 is 0 Å². The summed E-state index contributed by atoms with van der Waals surface area (Å²) in [4.78, 5) is 0. The van der Waals surface area contributed by atoms with E-state index in [0.29, 0.717) is 17.8 Å². The molecule has 3 saturated carbocycles. The fourth-order valence-corrected chi connectivity index (χ4v) is 9.22. The monoisotopic (exact) mass is 802 g/mol. The average Bonchev–Trinajstić information content (AvgIpc) is 2.98. The summed E-state index contributed by atoms with van der Waals surface area (Å²) in [6.07, 6.45) is 14.5. The van der Waals surface area contributed by atoms with Gasteiger partial charge in [-0.25, -0.2) is 0 Å². The highest BCUT2D eigenvalue weighted by Gasteiger charge is 2.45. The molecule has 0 saturated heterocycles. The van der Waals surface area contributed by atoms with Gasteiger partial charge in [-0.2, -0.15) is 0 Å². The van der Waals surface area contributed by atoms with Gasteiger partial charge in [-0.3, -0.25) is 0 Å². The molecular formula is C48H78Cl3N3. The molecule has 3 aliphatic rings. The van der Waals surface area contributed by atoms with Gasteiger partial charge in [0.15, 0.2) is 0 Å². The summed E-state index contributed by atoms with van der Waals surface area (Å²) in [5.74, 6) is 1.99. The molecule has 3 atom stereocenters. The summed E-state index contributed by atoms with van der Waals surface area (Å²) in [5, 5.41) is 2.42. The highest BCUT2D eigenvalue weighted by Crippen LogP contribution is 2.49. The van der Waals surface area contributed by atoms with E-state index in [-0.39, 0.29) is 56.7 Å². The number of benzene rings is 3. The minimum absolute atomic E-state index is 0. The highest BCUT2D eigenvalue weighted by molar-refractivity contribution is 6.31. The molecule has 0 aromatic heterocycles. The summed E-state index contributed by atoms with van der Waals surface area (Å²) in [6, 6.07) is 25.7. The Balaban J connectivity index is 0.000000394. The van der Waals surface area contributed by atoms with Gasteiger partial charge in [-0.1, -0.05) is 154 Å². The third kappa shape index (κ3) is 12.2. The predicted molar refractivity (Wildman–Crippen MR) is 243 cm³/mol. The molecule has 0 aliphatic heterocycles. The van der Waals surface area contributed by atoms with Gasteiger partial charge in [0.2, 0.25) is 0 Å². The van der Waals surface area contributed by atoms with Crippen LogP contribution in [0.2, 0.25) is 15.1 Å². The third-order valence-electron chi connectivity index (χ3n) is 12.3. The standard InChI is InChI=1S/3C15H22ClN.3CH4/c3*1-11(2)10-14(17)15(8-3-9-15)12-4-6-13(16)7-5-12;;;/h3*4-7,11,14H,3,8-10,17H2,1-2H3;3*1H4/t2*14-;;;;/m11..../s1. The molecule has 0 amide bonds. The molecule has 3 aliphatic carbocycles. The van der Waals surface area contributed by atoms with E-state index in [1.165, 1.54) is 74.5 Å². The van der Waals surface area contributed by atoms with Crippen LogP contribution in [0.5, 0.6) is 0 Å². The van der Waals surface area contributed by atoms with Gasteiger partial charge >= 0.3 is 0 Å². The van der Waals surface area contributed by atoms with Gasteiger partial charge in [0.1, 0.15) is 0 Å². The summed E-state index contributed by atoms with van der Waals surface area (Å²) in [5.41, 5.74) is 24.1. The zero-order chi connectivity index (χ0) is 37.4. The molecular weight excluding hydrogens is 725 g/mol. The van der Waals surface area contributed by atoms with Crippen molar-refractivity contribution in [2.24, 2.45) is 35.0 Å². The summed E-state index contributed by atoms with van der Waals surface area (Å²) >= 11 is 17.9. The van der Waals surface area contributed by atoms with Crippen LogP contribution in [0.3, 0.4) is 0 Å². The number of hydrogen-bond donors (Lipinski definition) is 3. The lowest BCUT2D eigenvalue weighted by atomic mass is 9.59. The maximum atomic E-state index is 6.45. The van der Waals surface area contributed by atoms with Gasteiger partial charge in [-0.15, -0.1) is 0 Å². The maximum Gasteiger partial charge on any atom is 0.0406 e. The minimum atomic E-state index is 0. The summed E-state index contributed by atoms with van der Waals surface area (Å²) in [6.45, 7) is 13.5. The Morgan fingerprint density at radius 2 is 0.593 bits per heavy atom. The van der Waals surface area contributed by atoms with E-state index in [1.807, 2.05) is 36.4 Å². The molecule has 6 rings (SSSR count). The molecule has 6 heteroatoms. The maximum absolute atomic E-state index is 6.45. The van der Waals surface area contributed by atoms with Crippen molar-refractivity contribution in [1.82, 2.24) is 0 Å². The van der Waals surface area contributed by atoms with Crippen LogP contribution in [0.1, 0.15) is 158 Å². The lowest BCUT2D eigenvalue weighted by Gasteiger charge is -2.47. The van der Waals surface area contributed by atoms with Crippen molar-refractivity contribution in [1.29, 1.82) is 0 Å². The quantitative estimate of drug-likeness (QED) is 0.171. The fraction of sp³-hybridized carbons (Fsp3) is 0.625. The normalized spacial score (nSPS) is 18.9. The van der Waals surface area contributed by atoms with E-state index in [1.54, 1.807) is 0 Å². The molecule has 306 valence electrons. The van der Waals surface area contributed by atoms with Crippen LogP contribution in [-0.4, -0.2) is 18.1 Å². The van der Waals surface area contributed by atoms with Gasteiger partial charge < -0.3 is 17.2 Å². The molecule has 0 bridgehead atoms. The van der Waals surface area contributed by atoms with Crippen molar-refractivity contribution < 1.29 is 0 Å². The van der Waals surface area contributed by atoms with Crippen molar-refractivity contribution in [3.8, 4) is 0 Å². The fourth-order valence-electron chi connectivity index (χ4n) is 8.84. The average molecular weight is 804 g/mol. The summed E-state index contributed by atoms with van der Waals surface area (Å²) in [7, 11) is 0. The van der Waals surface area contributed by atoms with E-state index in [2.05, 4.69) is 77.9 Å². The zero-order valence-electron chi connectivity index (χ0n) is 32.2. The zero-order valence-corrected chi connectivity index (χ0v) is 34.5. The topological polar surface area (TPSA) is 78.1 Å². The van der Waals surface area contributed by atoms with E-state index >= 15 is 0 Å². The Hall–Kier alpha value is -1.59. The van der Waals surface area contributed by atoms with Crippen molar-refractivity contribution in [3.05, 3.63) is 105 Å². The Labute approximate surface area is 347 Å². The molecule has 3 fully saturated rings. The number of halogens is 3. The lowest BCUT2D eigenvalue weighted by Crippen LogP contribution is -2.50. The Morgan fingerprint density at radius 3 is 0.722 bits per heavy atom. The van der Waals surface area contributed by atoms with Crippen molar-refractivity contribution in [2.45, 2.75) is 175 Å². The highest BCUT2D eigenvalue weighted by atomic mass is 35.5. The van der Waals surface area contributed by atoms with Gasteiger partial charge in [0, 0.05) is 49.4 Å². The number of hydrogen-bond acceptors (Lipinski definition) is 3. The van der Waals surface area contributed by atoms with Crippen molar-refractivity contribution in [2.75, 3.05) is 0 Å². The van der Waals surface area contributed by atoms with Crippen LogP contribution in [0.15, 0.2) is 72.8 Å². The first-order valence-corrected chi connectivity index (χ1v) is 20.8. The van der Waals surface area contributed by atoms with Gasteiger partial charge in [-0.05, 0) is 129 Å². The first kappa shape index (κ1) is 50.4. The van der Waals surface area contributed by atoms with Crippen LogP contribution in [0, 0.1) is 17.8 Å². The number of rotatable bonds is 12. The predicted octanol–water partition coefficient (Wildman–Crippen LogP) is 14.3. The first-order valence-electron chi connectivity index (χ1n) is 19.7. The molecule has 0 spiro atoms. The summed E-state index contributed by atoms with van der Waals surface area (Å²) < 4.78 is 0. The number of nitrogens with two attached hydrogens (primary N) is 3. The smallest absolute Gasteiger partial charge is 0.0406 e. The molecule has 3 aromatic rings. The largest absolute Gasteiger partial charge is 0.327 e. The SMILES string of the molecule is C.C.C.CC(C)CC(N)C1(c2ccc(Cl)cc2)CCC1.CC(C)C[C@@H](N)C1(c2ccc(Cl)cc2)CCC1.CC(C)C[C@@H](N)C1(c2ccc(Cl)cc2)CCC1. The molecule has 54 heavy (non-hydrogen) atoms. The van der Waals surface area contributed by atoms with Crippen LogP contribution < -0.4 is 17.2 Å². The van der Waals surface area contributed by atoms with E-state index in [0.717, 1.165) is 34.3 Å². The van der Waals surface area contributed by atoms with Gasteiger partial charge in [0.25, 0.3) is 0 Å². The van der Waals surface area contributed by atoms with E-state index in [9.17, 15) is 0 Å². The molecule has 3 aromatic carbocycles. The minimum Gasteiger partial charge on any atom is -0.327 e. The first-order chi connectivity index (χ1) is 24.1. The van der Waals surface area contributed by atoms with Crippen LogP contribution >= 0.6 is 34.8 Å². The third-order valence-corrected chi connectivity index (χ3v) is 13.1. The molecule has 0 radical (unpaired) electrons. The molecule has 1 unspecified atom stereocenters. The molecule has 3 nitrogen and oxygen atoms in total. The second kappa shape index (κ2) is 22.4. The molecule has 0 heterocycles. The molecule has 6 N–H and O–H groups in total. The Bertz CT molecular complexity index is 1280. The van der Waals surface area contributed by atoms with E-state index in [4.69, 9.17) is 52.0 Å². The van der Waals surface area contributed by atoms with Gasteiger partial charge in [0.05, 0.1) is 0 Å². The van der Waals surface area contributed by atoms with Crippen molar-refractivity contribution >= 4 is 34.8 Å². The van der Waals surface area contributed by atoms with Crippen LogP contribution in [-0.2, 0) is 16.2 Å². The van der Waals surface area contributed by atoms with Crippen LogP contribution in [0.4, 0.5) is 0 Å². The van der Waals surface area contributed by atoms with Crippen molar-refractivity contribution in [3.63, 3.8) is 0 Å².